The minimum absolute atomic E-state index is 0. The van der Waals surface area contributed by atoms with E-state index in [1.807, 2.05) is 19.2 Å². The van der Waals surface area contributed by atoms with E-state index in [1.54, 1.807) is 0 Å². The molecule has 0 unspecified atom stereocenters. The van der Waals surface area contributed by atoms with E-state index in [0.717, 1.165) is 12.1 Å². The second-order valence-electron chi connectivity index (χ2n) is 5.74. The van der Waals surface area contributed by atoms with E-state index in [1.165, 1.54) is 5.56 Å². The molecule has 0 aliphatic heterocycles. The first-order chi connectivity index (χ1) is 11.1. The summed E-state index contributed by atoms with van der Waals surface area (Å²) in [5.41, 5.74) is 2.19. The van der Waals surface area contributed by atoms with Crippen molar-refractivity contribution in [1.82, 2.24) is 20.8 Å². The van der Waals surface area contributed by atoms with E-state index >= 15 is 0 Å². The summed E-state index contributed by atoms with van der Waals surface area (Å²) in [4.78, 5) is 16.0. The molecule has 0 bridgehead atoms. The molecule has 1 aromatic heterocycles. The van der Waals surface area contributed by atoms with Crippen molar-refractivity contribution in [3.63, 3.8) is 0 Å². The van der Waals surface area contributed by atoms with Gasteiger partial charge in [0.2, 0.25) is 17.6 Å². The lowest BCUT2D eigenvalue weighted by Crippen LogP contribution is -2.30. The number of benzene rings is 1. The Balaban J connectivity index is 0.00000288. The third kappa shape index (κ3) is 5.94. The number of hydrogen-bond donors (Lipinski definition) is 2. The van der Waals surface area contributed by atoms with Gasteiger partial charge in [-0.15, -0.1) is 12.4 Å². The van der Waals surface area contributed by atoms with Crippen LogP contribution in [-0.2, 0) is 11.2 Å². The third-order valence-corrected chi connectivity index (χ3v) is 3.57. The standard InChI is InChI=1S/C17H24N4O2.ClH/c1-12(2)13-4-6-14(7-5-13)17-20-16(23-21-17)9-8-15(22)19-11-10-18-3;/h4-7,12,18H,8-11H2,1-3H3,(H,19,22);1H. The van der Waals surface area contributed by atoms with Gasteiger partial charge in [-0.3, -0.25) is 4.79 Å². The lowest BCUT2D eigenvalue weighted by Gasteiger charge is -2.04. The number of carbonyl (C=O) groups is 1. The van der Waals surface area contributed by atoms with E-state index in [0.29, 0.717) is 37.0 Å². The van der Waals surface area contributed by atoms with Crippen molar-refractivity contribution in [2.75, 3.05) is 20.1 Å². The topological polar surface area (TPSA) is 80.0 Å². The van der Waals surface area contributed by atoms with Crippen molar-refractivity contribution < 1.29 is 9.32 Å². The van der Waals surface area contributed by atoms with Crippen LogP contribution in [0.2, 0.25) is 0 Å². The predicted molar refractivity (Wildman–Crippen MR) is 96.3 cm³/mol. The molecule has 2 N–H and O–H groups in total. The van der Waals surface area contributed by atoms with Crippen molar-refractivity contribution in [2.24, 2.45) is 0 Å². The molecule has 0 radical (unpaired) electrons. The zero-order valence-electron chi connectivity index (χ0n) is 14.3. The molecule has 0 aliphatic carbocycles. The summed E-state index contributed by atoms with van der Waals surface area (Å²) in [7, 11) is 1.85. The molecule has 0 aliphatic rings. The third-order valence-electron chi connectivity index (χ3n) is 3.57. The summed E-state index contributed by atoms with van der Waals surface area (Å²) in [6, 6.07) is 8.14. The molecule has 6 nitrogen and oxygen atoms in total. The fourth-order valence-corrected chi connectivity index (χ4v) is 2.13. The first-order valence-corrected chi connectivity index (χ1v) is 7.94. The fourth-order valence-electron chi connectivity index (χ4n) is 2.13. The molecule has 0 atom stereocenters. The van der Waals surface area contributed by atoms with E-state index in [9.17, 15) is 4.79 Å². The van der Waals surface area contributed by atoms with Crippen molar-refractivity contribution in [3.8, 4) is 11.4 Å². The van der Waals surface area contributed by atoms with Crippen LogP contribution in [0, 0.1) is 0 Å². The van der Waals surface area contributed by atoms with Crippen LogP contribution in [0.3, 0.4) is 0 Å². The van der Waals surface area contributed by atoms with Crippen LogP contribution in [0.25, 0.3) is 11.4 Å². The first kappa shape index (κ1) is 20.1. The SMILES string of the molecule is CNCCNC(=O)CCc1nc(-c2ccc(C(C)C)cc2)no1.Cl. The molecule has 24 heavy (non-hydrogen) atoms. The van der Waals surface area contributed by atoms with Gasteiger partial charge in [0, 0.05) is 31.5 Å². The quantitative estimate of drug-likeness (QED) is 0.714. The highest BCUT2D eigenvalue weighted by atomic mass is 35.5. The Morgan fingerprint density at radius 2 is 1.92 bits per heavy atom. The van der Waals surface area contributed by atoms with Crippen LogP contribution in [0.15, 0.2) is 28.8 Å². The molecule has 0 saturated heterocycles. The van der Waals surface area contributed by atoms with Crippen LogP contribution >= 0.6 is 12.4 Å². The molecule has 1 amide bonds. The molecular weight excluding hydrogens is 328 g/mol. The molecule has 132 valence electrons. The van der Waals surface area contributed by atoms with Crippen LogP contribution in [-0.4, -0.2) is 36.2 Å². The van der Waals surface area contributed by atoms with E-state index < -0.39 is 0 Å². The van der Waals surface area contributed by atoms with E-state index in [2.05, 4.69) is 46.8 Å². The van der Waals surface area contributed by atoms with Gasteiger partial charge in [-0.05, 0) is 18.5 Å². The van der Waals surface area contributed by atoms with Crippen molar-refractivity contribution in [2.45, 2.75) is 32.6 Å². The van der Waals surface area contributed by atoms with Crippen molar-refractivity contribution in [1.29, 1.82) is 0 Å². The van der Waals surface area contributed by atoms with Gasteiger partial charge in [0.25, 0.3) is 0 Å². The summed E-state index contributed by atoms with van der Waals surface area (Å²) in [5, 5.41) is 9.78. The van der Waals surface area contributed by atoms with Crippen LogP contribution in [0.5, 0.6) is 0 Å². The molecule has 2 aromatic rings. The molecule has 1 aromatic carbocycles. The van der Waals surface area contributed by atoms with Gasteiger partial charge < -0.3 is 15.2 Å². The summed E-state index contributed by atoms with van der Waals surface area (Å²) in [6.07, 6.45) is 0.792. The first-order valence-electron chi connectivity index (χ1n) is 7.94. The van der Waals surface area contributed by atoms with Crippen LogP contribution in [0.1, 0.15) is 37.6 Å². The fraction of sp³-hybridized carbons (Fsp3) is 0.471. The maximum atomic E-state index is 11.6. The van der Waals surface area contributed by atoms with Crippen molar-refractivity contribution in [3.05, 3.63) is 35.7 Å². The van der Waals surface area contributed by atoms with Crippen LogP contribution in [0.4, 0.5) is 0 Å². The monoisotopic (exact) mass is 352 g/mol. The smallest absolute Gasteiger partial charge is 0.227 e. The normalized spacial score (nSPS) is 10.5. The Hall–Kier alpha value is -1.92. The number of halogens is 1. The summed E-state index contributed by atoms with van der Waals surface area (Å²) >= 11 is 0. The number of nitrogens with zero attached hydrogens (tertiary/aromatic N) is 2. The number of aryl methyl sites for hydroxylation is 1. The number of carbonyl (C=O) groups excluding carboxylic acids is 1. The average Bonchev–Trinajstić information content (AvgIpc) is 3.02. The summed E-state index contributed by atoms with van der Waals surface area (Å²) in [6.45, 7) is 5.68. The number of nitrogens with one attached hydrogen (secondary N) is 2. The highest BCUT2D eigenvalue weighted by molar-refractivity contribution is 5.85. The average molecular weight is 353 g/mol. The molecule has 0 fully saturated rings. The Morgan fingerprint density at radius 3 is 2.54 bits per heavy atom. The minimum Gasteiger partial charge on any atom is -0.355 e. The maximum absolute atomic E-state index is 11.6. The van der Waals surface area contributed by atoms with Gasteiger partial charge in [0.1, 0.15) is 0 Å². The van der Waals surface area contributed by atoms with Crippen LogP contribution < -0.4 is 10.6 Å². The lowest BCUT2D eigenvalue weighted by atomic mass is 10.0. The van der Waals surface area contributed by atoms with Gasteiger partial charge in [-0.2, -0.15) is 4.98 Å². The second kappa shape index (κ2) is 10.1. The molecule has 2 rings (SSSR count). The number of amides is 1. The van der Waals surface area contributed by atoms with Gasteiger partial charge in [0.05, 0.1) is 0 Å². The molecule has 0 saturated carbocycles. The predicted octanol–water partition coefficient (Wildman–Crippen LogP) is 2.55. The number of aromatic nitrogens is 2. The maximum Gasteiger partial charge on any atom is 0.227 e. The van der Waals surface area contributed by atoms with Crippen molar-refractivity contribution >= 4 is 18.3 Å². The van der Waals surface area contributed by atoms with E-state index in [-0.39, 0.29) is 18.3 Å². The lowest BCUT2D eigenvalue weighted by molar-refractivity contribution is -0.121. The van der Waals surface area contributed by atoms with Gasteiger partial charge in [0.15, 0.2) is 0 Å². The zero-order valence-corrected chi connectivity index (χ0v) is 15.2. The summed E-state index contributed by atoms with van der Waals surface area (Å²) < 4.78 is 5.22. The highest BCUT2D eigenvalue weighted by Gasteiger charge is 2.11. The molecule has 0 spiro atoms. The number of likely N-dealkylation sites (N-methyl/N-ethyl adjacent to an activating group) is 1. The minimum atomic E-state index is -0.0127. The Labute approximate surface area is 148 Å². The largest absolute Gasteiger partial charge is 0.355 e. The number of hydrogen-bond acceptors (Lipinski definition) is 5. The van der Waals surface area contributed by atoms with Gasteiger partial charge in [-0.1, -0.05) is 43.3 Å². The Morgan fingerprint density at radius 1 is 1.21 bits per heavy atom. The summed E-state index contributed by atoms with van der Waals surface area (Å²) in [5.74, 6) is 1.52. The second-order valence-corrected chi connectivity index (χ2v) is 5.74. The Bertz CT molecular complexity index is 626. The Kier molecular flexibility index (Phi) is 8.43. The number of rotatable bonds is 8. The zero-order chi connectivity index (χ0) is 16.7. The molecule has 7 heteroatoms. The van der Waals surface area contributed by atoms with Gasteiger partial charge >= 0.3 is 0 Å². The van der Waals surface area contributed by atoms with E-state index in [4.69, 9.17) is 4.52 Å². The molecular formula is C17H25ClN4O2. The highest BCUT2D eigenvalue weighted by Crippen LogP contribution is 2.20. The van der Waals surface area contributed by atoms with Gasteiger partial charge in [-0.25, -0.2) is 0 Å². The molecule has 1 heterocycles.